The third-order valence-corrected chi connectivity index (χ3v) is 2.35. The molecule has 0 saturated heterocycles. The predicted molar refractivity (Wildman–Crippen MR) is 52.9 cm³/mol. The predicted octanol–water partition coefficient (Wildman–Crippen LogP) is -0.0312. The van der Waals surface area contributed by atoms with Crippen molar-refractivity contribution in [1.82, 2.24) is 5.32 Å². The van der Waals surface area contributed by atoms with Gasteiger partial charge in [0.25, 0.3) is 0 Å². The fraction of sp³-hybridized carbons (Fsp3) is 0.333. The number of benzene rings is 1. The molecule has 4 nitrogen and oxygen atoms in total. The van der Waals surface area contributed by atoms with Gasteiger partial charge in [-0.1, -0.05) is 0 Å². The van der Waals surface area contributed by atoms with Crippen LogP contribution in [-0.4, -0.2) is 6.54 Å². The Morgan fingerprint density at radius 1 is 1.23 bits per heavy atom. The summed E-state index contributed by atoms with van der Waals surface area (Å²) >= 11 is 0. The minimum atomic E-state index is -0.0216. The Kier molecular flexibility index (Phi) is 1.86. The smallest absolute Gasteiger partial charge is 0.0551 e. The molecule has 0 aromatic heterocycles. The van der Waals surface area contributed by atoms with Gasteiger partial charge in [0.05, 0.1) is 11.4 Å². The van der Waals surface area contributed by atoms with Crippen molar-refractivity contribution in [2.75, 3.05) is 18.0 Å². The standard InChI is InChI=1S/C9H13N4/c10-7-1-5-3-13-4-9(12)6(5)2-8(7)11/h1-2,9H,3-4,10-12H2. The van der Waals surface area contributed by atoms with Gasteiger partial charge in [0, 0.05) is 19.1 Å². The van der Waals surface area contributed by atoms with Crippen LogP contribution in [0.3, 0.4) is 0 Å². The van der Waals surface area contributed by atoms with Crippen molar-refractivity contribution in [3.8, 4) is 0 Å². The minimum Gasteiger partial charge on any atom is -0.397 e. The summed E-state index contributed by atoms with van der Waals surface area (Å²) in [5.41, 5.74) is 20.7. The van der Waals surface area contributed by atoms with Crippen molar-refractivity contribution < 1.29 is 0 Å². The number of nitrogen functional groups attached to an aromatic ring is 2. The molecule has 1 heterocycles. The summed E-state index contributed by atoms with van der Waals surface area (Å²) in [5.74, 6) is 0. The zero-order valence-electron chi connectivity index (χ0n) is 7.33. The summed E-state index contributed by atoms with van der Waals surface area (Å²) in [6.45, 7) is 1.38. The van der Waals surface area contributed by atoms with Gasteiger partial charge < -0.3 is 17.2 Å². The highest BCUT2D eigenvalue weighted by Gasteiger charge is 2.17. The van der Waals surface area contributed by atoms with Crippen LogP contribution < -0.4 is 22.5 Å². The molecule has 0 bridgehead atoms. The molecule has 1 aromatic carbocycles. The van der Waals surface area contributed by atoms with E-state index in [9.17, 15) is 0 Å². The van der Waals surface area contributed by atoms with E-state index in [1.54, 1.807) is 0 Å². The SMILES string of the molecule is Nc1cc2c(cc1N)C(N)C[N]C2. The van der Waals surface area contributed by atoms with Crippen LogP contribution in [0.15, 0.2) is 12.1 Å². The van der Waals surface area contributed by atoms with Crippen LogP contribution in [0.5, 0.6) is 0 Å². The second-order valence-electron chi connectivity index (χ2n) is 3.35. The molecule has 2 rings (SSSR count). The third kappa shape index (κ3) is 1.34. The summed E-state index contributed by atoms with van der Waals surface area (Å²) in [7, 11) is 0. The molecular weight excluding hydrogens is 164 g/mol. The average Bonchev–Trinajstić information content (AvgIpc) is 2.09. The fourth-order valence-corrected chi connectivity index (χ4v) is 1.60. The van der Waals surface area contributed by atoms with E-state index >= 15 is 0 Å². The largest absolute Gasteiger partial charge is 0.397 e. The number of fused-ring (bicyclic) bond motifs is 1. The molecule has 4 heteroatoms. The maximum atomic E-state index is 5.88. The van der Waals surface area contributed by atoms with Crippen molar-refractivity contribution in [2.45, 2.75) is 12.6 Å². The molecule has 69 valence electrons. The van der Waals surface area contributed by atoms with Crippen LogP contribution in [0, 0.1) is 0 Å². The Morgan fingerprint density at radius 3 is 2.69 bits per heavy atom. The van der Waals surface area contributed by atoms with Gasteiger partial charge >= 0.3 is 0 Å². The quantitative estimate of drug-likeness (QED) is 0.486. The van der Waals surface area contributed by atoms with E-state index in [0.717, 1.165) is 11.1 Å². The van der Waals surface area contributed by atoms with Gasteiger partial charge in [-0.2, -0.15) is 0 Å². The minimum absolute atomic E-state index is 0.0216. The van der Waals surface area contributed by atoms with Crippen LogP contribution in [0.4, 0.5) is 11.4 Å². The molecule has 0 fully saturated rings. The molecule has 0 saturated carbocycles. The maximum absolute atomic E-state index is 5.88. The Morgan fingerprint density at radius 2 is 1.92 bits per heavy atom. The Hall–Kier alpha value is -1.26. The lowest BCUT2D eigenvalue weighted by Gasteiger charge is -2.22. The second kappa shape index (κ2) is 2.90. The highest BCUT2D eigenvalue weighted by molar-refractivity contribution is 5.66. The van der Waals surface area contributed by atoms with Crippen LogP contribution in [0.1, 0.15) is 17.2 Å². The molecule has 0 spiro atoms. The lowest BCUT2D eigenvalue weighted by molar-refractivity contribution is 0.545. The highest BCUT2D eigenvalue weighted by atomic mass is 14.9. The first kappa shape index (κ1) is 8.34. The zero-order valence-corrected chi connectivity index (χ0v) is 7.33. The number of rotatable bonds is 0. The summed E-state index contributed by atoms with van der Waals surface area (Å²) < 4.78 is 0. The number of nitrogens with zero attached hydrogens (tertiary/aromatic N) is 1. The van der Waals surface area contributed by atoms with Crippen LogP contribution in [-0.2, 0) is 6.54 Å². The van der Waals surface area contributed by atoms with Gasteiger partial charge in [-0.05, 0) is 23.3 Å². The fourth-order valence-electron chi connectivity index (χ4n) is 1.60. The van der Waals surface area contributed by atoms with Crippen molar-refractivity contribution in [1.29, 1.82) is 0 Å². The molecule has 0 amide bonds. The molecule has 1 aliphatic rings. The van der Waals surface area contributed by atoms with Crippen LogP contribution in [0.25, 0.3) is 0 Å². The number of hydrogen-bond acceptors (Lipinski definition) is 3. The second-order valence-corrected chi connectivity index (χ2v) is 3.35. The van der Waals surface area contributed by atoms with Crippen molar-refractivity contribution in [3.63, 3.8) is 0 Å². The van der Waals surface area contributed by atoms with E-state index in [0.29, 0.717) is 24.5 Å². The molecule has 13 heavy (non-hydrogen) atoms. The van der Waals surface area contributed by atoms with Crippen LogP contribution in [0.2, 0.25) is 0 Å². The van der Waals surface area contributed by atoms with E-state index in [-0.39, 0.29) is 6.04 Å². The van der Waals surface area contributed by atoms with Crippen molar-refractivity contribution >= 4 is 11.4 Å². The monoisotopic (exact) mass is 177 g/mol. The lowest BCUT2D eigenvalue weighted by atomic mass is 9.96. The molecule has 0 aliphatic carbocycles. The van der Waals surface area contributed by atoms with Crippen molar-refractivity contribution in [2.24, 2.45) is 5.73 Å². The Balaban J connectivity index is 2.52. The molecule has 6 N–H and O–H groups in total. The van der Waals surface area contributed by atoms with E-state index in [1.807, 2.05) is 12.1 Å². The van der Waals surface area contributed by atoms with Gasteiger partial charge in [0.2, 0.25) is 0 Å². The average molecular weight is 177 g/mol. The normalized spacial score (nSPS) is 21.2. The first-order chi connectivity index (χ1) is 6.18. The van der Waals surface area contributed by atoms with E-state index < -0.39 is 0 Å². The molecule has 1 aromatic rings. The molecule has 1 aliphatic heterocycles. The van der Waals surface area contributed by atoms with Gasteiger partial charge in [0.1, 0.15) is 0 Å². The Bertz CT molecular complexity index is 335. The zero-order chi connectivity index (χ0) is 9.42. The van der Waals surface area contributed by atoms with E-state index in [2.05, 4.69) is 5.32 Å². The first-order valence-electron chi connectivity index (χ1n) is 4.25. The van der Waals surface area contributed by atoms with Gasteiger partial charge in [-0.15, -0.1) is 0 Å². The van der Waals surface area contributed by atoms with Gasteiger partial charge in [0.15, 0.2) is 0 Å². The number of nitrogens with two attached hydrogens (primary N) is 3. The van der Waals surface area contributed by atoms with E-state index in [1.165, 1.54) is 0 Å². The lowest BCUT2D eigenvalue weighted by Crippen LogP contribution is -2.28. The summed E-state index contributed by atoms with van der Waals surface area (Å²) in [4.78, 5) is 0. The van der Waals surface area contributed by atoms with Crippen molar-refractivity contribution in [3.05, 3.63) is 23.3 Å². The highest BCUT2D eigenvalue weighted by Crippen LogP contribution is 2.27. The van der Waals surface area contributed by atoms with E-state index in [4.69, 9.17) is 17.2 Å². The third-order valence-electron chi connectivity index (χ3n) is 2.35. The molecule has 1 atom stereocenters. The topological polar surface area (TPSA) is 92.2 Å². The molecule has 1 unspecified atom stereocenters. The summed E-state index contributed by atoms with van der Waals surface area (Å²) in [5, 5.41) is 4.25. The maximum Gasteiger partial charge on any atom is 0.0551 e. The van der Waals surface area contributed by atoms with Crippen LogP contribution >= 0.6 is 0 Å². The first-order valence-corrected chi connectivity index (χ1v) is 4.25. The summed E-state index contributed by atoms with van der Waals surface area (Å²) in [6.07, 6.45) is 0. The number of hydrogen-bond donors (Lipinski definition) is 3. The Labute approximate surface area is 77.1 Å². The van der Waals surface area contributed by atoms with Gasteiger partial charge in [-0.25, -0.2) is 5.32 Å². The molecule has 1 radical (unpaired) electrons. The summed E-state index contributed by atoms with van der Waals surface area (Å²) in [6, 6.07) is 3.71. The number of anilines is 2. The molecular formula is C9H13N4. The van der Waals surface area contributed by atoms with Gasteiger partial charge in [-0.3, -0.25) is 0 Å².